The fourth-order valence-electron chi connectivity index (χ4n) is 1.44. The molecule has 0 unspecified atom stereocenters. The number of sulfonamides is 1. The van der Waals surface area contributed by atoms with E-state index in [2.05, 4.69) is 15.2 Å². The SMILES string of the molecule is Cc1nc(NS(=O)(=O)c2cc(F)c(Cl)c(C(=O)O)c2)n[nH]1. The summed E-state index contributed by atoms with van der Waals surface area (Å²) in [6, 6.07) is 1.35. The van der Waals surface area contributed by atoms with Gasteiger partial charge in [0.15, 0.2) is 0 Å². The molecule has 0 saturated carbocycles. The zero-order valence-corrected chi connectivity index (χ0v) is 12.0. The number of rotatable bonds is 4. The third kappa shape index (κ3) is 3.11. The number of hydrogen-bond donors (Lipinski definition) is 3. The minimum Gasteiger partial charge on any atom is -0.478 e. The first kappa shape index (κ1) is 15.2. The Morgan fingerprint density at radius 3 is 2.67 bits per heavy atom. The highest BCUT2D eigenvalue weighted by molar-refractivity contribution is 7.92. The number of nitrogens with zero attached hydrogens (tertiary/aromatic N) is 2. The number of nitrogens with one attached hydrogen (secondary N) is 2. The molecular weight excluding hydrogens is 327 g/mol. The molecule has 0 bridgehead atoms. The first-order valence-corrected chi connectivity index (χ1v) is 7.21. The average Bonchev–Trinajstić information content (AvgIpc) is 2.76. The van der Waals surface area contributed by atoms with Crippen molar-refractivity contribution in [3.05, 3.63) is 34.4 Å². The number of carbonyl (C=O) groups is 1. The van der Waals surface area contributed by atoms with Crippen LogP contribution in [0.15, 0.2) is 17.0 Å². The summed E-state index contributed by atoms with van der Waals surface area (Å²) in [6.45, 7) is 1.55. The number of aromatic carboxylic acids is 1. The van der Waals surface area contributed by atoms with Crippen LogP contribution in [0.1, 0.15) is 16.2 Å². The molecule has 1 aromatic heterocycles. The molecule has 0 aliphatic rings. The predicted molar refractivity (Wildman–Crippen MR) is 70.3 cm³/mol. The van der Waals surface area contributed by atoms with E-state index in [0.717, 1.165) is 6.07 Å². The number of benzene rings is 1. The molecule has 0 atom stereocenters. The summed E-state index contributed by atoms with van der Waals surface area (Å²) in [7, 11) is -4.25. The van der Waals surface area contributed by atoms with Gasteiger partial charge in [0.25, 0.3) is 16.0 Å². The van der Waals surface area contributed by atoms with Crippen molar-refractivity contribution >= 4 is 33.5 Å². The minimum absolute atomic E-state index is 0.250. The summed E-state index contributed by atoms with van der Waals surface area (Å²) in [6.07, 6.45) is 0. The fourth-order valence-corrected chi connectivity index (χ4v) is 2.61. The molecule has 0 saturated heterocycles. The summed E-state index contributed by atoms with van der Waals surface area (Å²) in [4.78, 5) is 14.0. The summed E-state index contributed by atoms with van der Waals surface area (Å²) in [5, 5.41) is 14.2. The van der Waals surface area contributed by atoms with Gasteiger partial charge >= 0.3 is 5.97 Å². The van der Waals surface area contributed by atoms with E-state index in [1.165, 1.54) is 0 Å². The van der Waals surface area contributed by atoms with Crippen LogP contribution in [0.5, 0.6) is 0 Å². The van der Waals surface area contributed by atoms with E-state index in [1.807, 2.05) is 4.72 Å². The van der Waals surface area contributed by atoms with Gasteiger partial charge in [-0.05, 0) is 19.1 Å². The predicted octanol–water partition coefficient (Wildman–Crippen LogP) is 1.40. The molecule has 1 heterocycles. The second-order valence-electron chi connectivity index (χ2n) is 3.92. The van der Waals surface area contributed by atoms with Gasteiger partial charge in [-0.3, -0.25) is 5.10 Å². The summed E-state index contributed by atoms with van der Waals surface area (Å²) < 4.78 is 39.6. The maximum absolute atomic E-state index is 13.5. The van der Waals surface area contributed by atoms with Crippen LogP contribution in [0.25, 0.3) is 0 Å². The second kappa shape index (κ2) is 5.30. The van der Waals surface area contributed by atoms with Gasteiger partial charge in [-0.15, -0.1) is 5.10 Å². The summed E-state index contributed by atoms with van der Waals surface area (Å²) in [5.74, 6) is -2.60. The fraction of sp³-hybridized carbons (Fsp3) is 0.100. The number of carboxylic acids is 1. The molecule has 2 rings (SSSR count). The van der Waals surface area contributed by atoms with Crippen LogP contribution < -0.4 is 4.72 Å². The standard InChI is InChI=1S/C10H8ClFN4O4S/c1-4-13-10(15-14-4)16-21(19,20)5-2-6(9(17)18)8(11)7(12)3-5/h2-3H,1H3,(H,17,18)(H2,13,14,15,16). The van der Waals surface area contributed by atoms with E-state index in [9.17, 15) is 17.6 Å². The molecule has 2 aromatic rings. The molecule has 1 aromatic carbocycles. The van der Waals surface area contributed by atoms with Crippen molar-refractivity contribution in [3.8, 4) is 0 Å². The van der Waals surface area contributed by atoms with Crippen LogP contribution in [-0.2, 0) is 10.0 Å². The van der Waals surface area contributed by atoms with Crippen LogP contribution in [0.3, 0.4) is 0 Å². The first-order valence-electron chi connectivity index (χ1n) is 5.35. The number of aromatic amines is 1. The molecule has 112 valence electrons. The Kier molecular flexibility index (Phi) is 3.83. The van der Waals surface area contributed by atoms with Gasteiger partial charge in [-0.2, -0.15) is 4.98 Å². The number of halogens is 2. The zero-order chi connectivity index (χ0) is 15.8. The van der Waals surface area contributed by atoms with Gasteiger partial charge in [0.1, 0.15) is 11.6 Å². The molecule has 0 fully saturated rings. The van der Waals surface area contributed by atoms with Gasteiger partial charge in [0, 0.05) is 0 Å². The molecule has 3 N–H and O–H groups in total. The Bertz CT molecular complexity index is 820. The number of aromatic nitrogens is 3. The monoisotopic (exact) mass is 334 g/mol. The van der Waals surface area contributed by atoms with Crippen molar-refractivity contribution in [3.63, 3.8) is 0 Å². The van der Waals surface area contributed by atoms with E-state index in [1.54, 1.807) is 6.92 Å². The first-order chi connectivity index (χ1) is 9.70. The Labute approximate surface area is 123 Å². The van der Waals surface area contributed by atoms with Gasteiger partial charge in [-0.25, -0.2) is 22.3 Å². The normalized spacial score (nSPS) is 11.4. The number of carboxylic acid groups (broad SMARTS) is 1. The molecule has 0 aliphatic heterocycles. The second-order valence-corrected chi connectivity index (χ2v) is 5.98. The van der Waals surface area contributed by atoms with Gasteiger partial charge in [0.2, 0.25) is 0 Å². The molecule has 21 heavy (non-hydrogen) atoms. The van der Waals surface area contributed by atoms with Crippen molar-refractivity contribution in [2.75, 3.05) is 4.72 Å². The van der Waals surface area contributed by atoms with Crippen molar-refractivity contribution in [1.82, 2.24) is 15.2 Å². The van der Waals surface area contributed by atoms with Crippen molar-refractivity contribution < 1.29 is 22.7 Å². The molecular formula is C10H8ClFN4O4S. The molecule has 11 heteroatoms. The van der Waals surface area contributed by atoms with Gasteiger partial charge in [-0.1, -0.05) is 11.6 Å². The summed E-state index contributed by atoms with van der Waals surface area (Å²) >= 11 is 5.47. The maximum Gasteiger partial charge on any atom is 0.337 e. The Hall–Kier alpha value is -2.20. The van der Waals surface area contributed by atoms with Crippen LogP contribution in [0.2, 0.25) is 5.02 Å². The number of aryl methyl sites for hydroxylation is 1. The highest BCUT2D eigenvalue weighted by Crippen LogP contribution is 2.25. The quantitative estimate of drug-likeness (QED) is 0.776. The van der Waals surface area contributed by atoms with Crippen molar-refractivity contribution in [2.24, 2.45) is 0 Å². The van der Waals surface area contributed by atoms with E-state index in [-0.39, 0.29) is 5.95 Å². The number of anilines is 1. The smallest absolute Gasteiger partial charge is 0.337 e. The highest BCUT2D eigenvalue weighted by atomic mass is 35.5. The number of hydrogen-bond acceptors (Lipinski definition) is 5. The Morgan fingerprint density at radius 1 is 1.48 bits per heavy atom. The van der Waals surface area contributed by atoms with Crippen LogP contribution in [-0.4, -0.2) is 34.7 Å². The lowest BCUT2D eigenvalue weighted by molar-refractivity contribution is 0.0696. The summed E-state index contributed by atoms with van der Waals surface area (Å²) in [5.41, 5.74) is -0.664. The Balaban J connectivity index is 2.47. The third-order valence-corrected chi connectivity index (χ3v) is 4.06. The average molecular weight is 335 g/mol. The molecule has 0 spiro atoms. The van der Waals surface area contributed by atoms with Gasteiger partial charge < -0.3 is 5.11 Å². The molecule has 0 radical (unpaired) electrons. The lowest BCUT2D eigenvalue weighted by atomic mass is 10.2. The maximum atomic E-state index is 13.5. The van der Waals surface area contributed by atoms with Crippen molar-refractivity contribution in [1.29, 1.82) is 0 Å². The lowest BCUT2D eigenvalue weighted by Crippen LogP contribution is -2.15. The van der Waals surface area contributed by atoms with Crippen LogP contribution >= 0.6 is 11.6 Å². The lowest BCUT2D eigenvalue weighted by Gasteiger charge is -2.07. The molecule has 0 amide bonds. The highest BCUT2D eigenvalue weighted by Gasteiger charge is 2.23. The topological polar surface area (TPSA) is 125 Å². The van der Waals surface area contributed by atoms with Crippen molar-refractivity contribution in [2.45, 2.75) is 11.8 Å². The van der Waals surface area contributed by atoms with E-state index >= 15 is 0 Å². The van der Waals surface area contributed by atoms with Crippen LogP contribution in [0, 0.1) is 12.7 Å². The Morgan fingerprint density at radius 2 is 2.14 bits per heavy atom. The number of H-pyrrole nitrogens is 1. The van der Waals surface area contributed by atoms with E-state index in [0.29, 0.717) is 11.9 Å². The van der Waals surface area contributed by atoms with E-state index in [4.69, 9.17) is 16.7 Å². The molecule has 8 nitrogen and oxygen atoms in total. The van der Waals surface area contributed by atoms with E-state index < -0.39 is 37.3 Å². The van der Waals surface area contributed by atoms with Gasteiger partial charge in [0.05, 0.1) is 15.5 Å². The largest absolute Gasteiger partial charge is 0.478 e. The van der Waals surface area contributed by atoms with Crippen LogP contribution in [0.4, 0.5) is 10.3 Å². The third-order valence-electron chi connectivity index (χ3n) is 2.37. The minimum atomic E-state index is -4.25. The molecule has 0 aliphatic carbocycles. The zero-order valence-electron chi connectivity index (χ0n) is 10.4.